The van der Waals surface area contributed by atoms with Crippen LogP contribution in [0, 0.1) is 0 Å². The largest absolute Gasteiger partial charge is 0.310 e. The van der Waals surface area contributed by atoms with E-state index < -0.39 is 5.41 Å². The van der Waals surface area contributed by atoms with Crippen molar-refractivity contribution in [3.05, 3.63) is 295 Å². The zero-order valence-corrected chi connectivity index (χ0v) is 39.4. The van der Waals surface area contributed by atoms with Crippen LogP contribution in [0.1, 0.15) is 22.3 Å². The zero-order chi connectivity index (χ0) is 47.3. The normalized spacial score (nSPS) is 12.8. The van der Waals surface area contributed by atoms with Gasteiger partial charge in [0, 0.05) is 17.1 Å². The number of fused-ring (bicyclic) bond motifs is 17. The predicted molar refractivity (Wildman–Crippen MR) is 304 cm³/mol. The predicted octanol–water partition coefficient (Wildman–Crippen LogP) is 19.1. The van der Waals surface area contributed by atoms with Crippen molar-refractivity contribution < 1.29 is 0 Å². The van der Waals surface area contributed by atoms with Gasteiger partial charge in [-0.1, -0.05) is 231 Å². The minimum Gasteiger partial charge on any atom is -0.310 e. The maximum absolute atomic E-state index is 2.51. The first-order valence-corrected chi connectivity index (χ1v) is 25.1. The van der Waals surface area contributed by atoms with Gasteiger partial charge in [-0.05, 0) is 163 Å². The Morgan fingerprint density at radius 3 is 1.35 bits per heavy atom. The summed E-state index contributed by atoms with van der Waals surface area (Å²) in [5.74, 6) is 0. The molecule has 0 saturated heterocycles. The third-order valence-electron chi connectivity index (χ3n) is 15.8. The van der Waals surface area contributed by atoms with Gasteiger partial charge in [-0.2, -0.15) is 0 Å². The van der Waals surface area contributed by atoms with Gasteiger partial charge in [0.2, 0.25) is 0 Å². The Bertz CT molecular complexity index is 4260. The molecule has 1 spiro atoms. The molecule has 2 aliphatic rings. The Hall–Kier alpha value is -9.30. The highest BCUT2D eigenvalue weighted by atomic mass is 15.1. The van der Waals surface area contributed by atoms with Gasteiger partial charge in [-0.3, -0.25) is 0 Å². The Morgan fingerprint density at radius 1 is 0.236 bits per heavy atom. The molecular formula is C71H45N. The molecule has 334 valence electrons. The fraction of sp³-hybridized carbons (Fsp3) is 0.0141. The van der Waals surface area contributed by atoms with E-state index in [4.69, 9.17) is 0 Å². The summed E-state index contributed by atoms with van der Waals surface area (Å²) in [5.41, 5.74) is 20.7. The molecule has 0 fully saturated rings. The van der Waals surface area contributed by atoms with Crippen molar-refractivity contribution in [3.8, 4) is 55.6 Å². The maximum Gasteiger partial charge on any atom is 0.0726 e. The number of nitrogens with zero attached hydrogens (tertiary/aromatic N) is 1. The van der Waals surface area contributed by atoms with Crippen LogP contribution in [0.3, 0.4) is 0 Å². The Balaban J connectivity index is 1.04. The molecule has 0 unspecified atom stereocenters. The van der Waals surface area contributed by atoms with Gasteiger partial charge < -0.3 is 4.90 Å². The van der Waals surface area contributed by atoms with Crippen LogP contribution in [0.2, 0.25) is 0 Å². The molecule has 0 heterocycles. The van der Waals surface area contributed by atoms with E-state index in [-0.39, 0.29) is 0 Å². The molecule has 0 atom stereocenters. The summed E-state index contributed by atoms with van der Waals surface area (Å²) in [4.78, 5) is 2.50. The van der Waals surface area contributed by atoms with Crippen molar-refractivity contribution in [2.75, 3.05) is 4.90 Å². The monoisotopic (exact) mass is 911 g/mol. The quantitative estimate of drug-likeness (QED) is 0.150. The molecule has 1 heteroatoms. The first kappa shape index (κ1) is 40.6. The highest BCUT2D eigenvalue weighted by Gasteiger charge is 2.51. The molecule has 13 aromatic carbocycles. The maximum atomic E-state index is 2.51. The van der Waals surface area contributed by atoms with Crippen LogP contribution >= 0.6 is 0 Å². The standard InChI is InChI=1S/C71H45N/c1-4-21-47(22-5-1)61-45-62(48-23-6-2-7-24-48)69-59-32-13-12-28-54(59)63-43-52(39-41-60(63)70(69)68(61)49-25-8-3-9-26-49)72(51-37-36-46-20-10-11-27-50(46)42-51)53-38-40-58-57-31-16-19-35-66(57)71(67(58)44-53)64-33-17-14-29-55(64)56-30-15-18-34-65(56)71/h1-45H. The summed E-state index contributed by atoms with van der Waals surface area (Å²) < 4.78 is 0. The van der Waals surface area contributed by atoms with E-state index in [0.717, 1.165) is 17.1 Å². The number of benzene rings is 13. The molecule has 0 aliphatic heterocycles. The summed E-state index contributed by atoms with van der Waals surface area (Å²) in [6.07, 6.45) is 0. The number of anilines is 3. The second-order valence-corrected chi connectivity index (χ2v) is 19.5. The molecule has 2 aliphatic carbocycles. The van der Waals surface area contributed by atoms with Crippen molar-refractivity contribution in [2.45, 2.75) is 5.41 Å². The van der Waals surface area contributed by atoms with E-state index in [0.29, 0.717) is 0 Å². The van der Waals surface area contributed by atoms with Gasteiger partial charge in [0.05, 0.1) is 5.41 Å². The second kappa shape index (κ2) is 15.9. The highest BCUT2D eigenvalue weighted by molar-refractivity contribution is 6.33. The molecule has 72 heavy (non-hydrogen) atoms. The van der Waals surface area contributed by atoms with E-state index in [1.165, 1.54) is 121 Å². The van der Waals surface area contributed by atoms with Gasteiger partial charge in [0.1, 0.15) is 0 Å². The fourth-order valence-electron chi connectivity index (χ4n) is 12.9. The van der Waals surface area contributed by atoms with Crippen LogP contribution < -0.4 is 4.90 Å². The molecule has 0 bridgehead atoms. The lowest BCUT2D eigenvalue weighted by Crippen LogP contribution is -2.26. The van der Waals surface area contributed by atoms with Crippen molar-refractivity contribution in [3.63, 3.8) is 0 Å². The SMILES string of the molecule is c1ccc(-c2cc(-c3ccccc3)c3c4ccccc4c4cc(N(c5ccc6c(c5)C5(c7ccccc7-c7ccccc75)c5ccccc5-6)c5ccc6ccccc6c5)ccc4c3c2-c2ccccc2)cc1. The number of hydrogen-bond donors (Lipinski definition) is 0. The molecule has 0 N–H and O–H groups in total. The summed E-state index contributed by atoms with van der Waals surface area (Å²) in [5, 5.41) is 9.85. The Labute approximate surface area is 419 Å². The average Bonchev–Trinajstić information content (AvgIpc) is 3.92. The van der Waals surface area contributed by atoms with Gasteiger partial charge in [-0.25, -0.2) is 0 Å². The van der Waals surface area contributed by atoms with Crippen molar-refractivity contribution >= 4 is 60.2 Å². The van der Waals surface area contributed by atoms with Gasteiger partial charge in [-0.15, -0.1) is 0 Å². The lowest BCUT2D eigenvalue weighted by Gasteiger charge is -2.32. The molecule has 0 saturated carbocycles. The van der Waals surface area contributed by atoms with Crippen LogP contribution in [0.4, 0.5) is 17.1 Å². The van der Waals surface area contributed by atoms with E-state index in [1.807, 2.05) is 0 Å². The first-order valence-electron chi connectivity index (χ1n) is 25.1. The van der Waals surface area contributed by atoms with E-state index in [1.54, 1.807) is 0 Å². The van der Waals surface area contributed by atoms with Crippen molar-refractivity contribution in [1.82, 2.24) is 0 Å². The minimum absolute atomic E-state index is 0.469. The van der Waals surface area contributed by atoms with Crippen LogP contribution in [0.15, 0.2) is 273 Å². The fourth-order valence-corrected chi connectivity index (χ4v) is 12.9. The summed E-state index contributed by atoms with van der Waals surface area (Å²) in [6, 6.07) is 102. The molecule has 0 aromatic heterocycles. The lowest BCUT2D eigenvalue weighted by atomic mass is 9.70. The van der Waals surface area contributed by atoms with Gasteiger partial charge >= 0.3 is 0 Å². The Kier molecular flexibility index (Phi) is 8.94. The second-order valence-electron chi connectivity index (χ2n) is 19.5. The van der Waals surface area contributed by atoms with Crippen LogP contribution in [-0.2, 0) is 5.41 Å². The molecule has 0 radical (unpaired) electrons. The van der Waals surface area contributed by atoms with Crippen LogP contribution in [0.5, 0.6) is 0 Å². The Morgan fingerprint density at radius 2 is 0.694 bits per heavy atom. The topological polar surface area (TPSA) is 3.24 Å². The minimum atomic E-state index is -0.469. The van der Waals surface area contributed by atoms with E-state index >= 15 is 0 Å². The summed E-state index contributed by atoms with van der Waals surface area (Å²) in [6.45, 7) is 0. The molecular weight excluding hydrogens is 867 g/mol. The summed E-state index contributed by atoms with van der Waals surface area (Å²) >= 11 is 0. The van der Waals surface area contributed by atoms with Crippen molar-refractivity contribution in [1.29, 1.82) is 0 Å². The van der Waals surface area contributed by atoms with Crippen LogP contribution in [0.25, 0.3) is 98.7 Å². The van der Waals surface area contributed by atoms with Gasteiger partial charge in [0.25, 0.3) is 0 Å². The smallest absolute Gasteiger partial charge is 0.0726 e. The molecule has 0 amide bonds. The lowest BCUT2D eigenvalue weighted by molar-refractivity contribution is 0.793. The van der Waals surface area contributed by atoms with E-state index in [9.17, 15) is 0 Å². The number of hydrogen-bond acceptors (Lipinski definition) is 1. The first-order chi connectivity index (χ1) is 35.7. The van der Waals surface area contributed by atoms with E-state index in [2.05, 4.69) is 278 Å². The summed E-state index contributed by atoms with van der Waals surface area (Å²) in [7, 11) is 0. The third kappa shape index (κ3) is 5.83. The third-order valence-corrected chi connectivity index (χ3v) is 15.8. The molecule has 13 aromatic rings. The molecule has 1 nitrogen and oxygen atoms in total. The number of rotatable bonds is 6. The van der Waals surface area contributed by atoms with Crippen LogP contribution in [-0.4, -0.2) is 0 Å². The molecule has 15 rings (SSSR count). The average molecular weight is 912 g/mol. The van der Waals surface area contributed by atoms with Crippen molar-refractivity contribution in [2.24, 2.45) is 0 Å². The zero-order valence-electron chi connectivity index (χ0n) is 39.4. The van der Waals surface area contributed by atoms with Gasteiger partial charge in [0.15, 0.2) is 0 Å². The highest BCUT2D eigenvalue weighted by Crippen LogP contribution is 2.63.